The normalized spacial score (nSPS) is 15.9. The maximum Gasteiger partial charge on any atom is 0.280 e. The van der Waals surface area contributed by atoms with E-state index < -0.39 is 10.8 Å². The Morgan fingerprint density at radius 1 is 1.17 bits per heavy atom. The SMILES string of the molecule is CCOc1ccc(N=C2NC(=O)/C(=C\c3cc(OC)c(OC)cc3[N+](=O)[O-])S2)cc1. The molecule has 10 heteroatoms. The van der Waals surface area contributed by atoms with Gasteiger partial charge in [0, 0.05) is 0 Å². The van der Waals surface area contributed by atoms with Crippen molar-refractivity contribution in [2.24, 2.45) is 4.99 Å². The summed E-state index contributed by atoms with van der Waals surface area (Å²) in [4.78, 5) is 27.9. The third-order valence-electron chi connectivity index (χ3n) is 4.05. The molecule has 0 atom stereocenters. The van der Waals surface area contributed by atoms with Crippen molar-refractivity contribution >= 4 is 40.3 Å². The summed E-state index contributed by atoms with van der Waals surface area (Å²) in [5.74, 6) is 0.883. The van der Waals surface area contributed by atoms with Gasteiger partial charge in [-0.2, -0.15) is 0 Å². The van der Waals surface area contributed by atoms with E-state index in [0.29, 0.717) is 23.2 Å². The lowest BCUT2D eigenvalue weighted by molar-refractivity contribution is -0.385. The van der Waals surface area contributed by atoms with Crippen molar-refractivity contribution < 1.29 is 23.9 Å². The number of nitro benzene ring substituents is 1. The number of ether oxygens (including phenoxy) is 3. The first-order chi connectivity index (χ1) is 14.4. The Morgan fingerprint density at radius 3 is 2.43 bits per heavy atom. The summed E-state index contributed by atoms with van der Waals surface area (Å²) >= 11 is 1.09. The summed E-state index contributed by atoms with van der Waals surface area (Å²) in [6.07, 6.45) is 1.43. The van der Waals surface area contributed by atoms with Gasteiger partial charge in [0.05, 0.1) is 48.0 Å². The van der Waals surface area contributed by atoms with Crippen LogP contribution in [0, 0.1) is 10.1 Å². The molecule has 1 heterocycles. The van der Waals surface area contributed by atoms with Gasteiger partial charge in [0.15, 0.2) is 16.7 Å². The Morgan fingerprint density at radius 2 is 1.83 bits per heavy atom. The van der Waals surface area contributed by atoms with Crippen LogP contribution in [-0.2, 0) is 4.79 Å². The summed E-state index contributed by atoms with van der Waals surface area (Å²) in [5.41, 5.74) is 0.655. The van der Waals surface area contributed by atoms with Crippen molar-refractivity contribution in [3.8, 4) is 17.2 Å². The second-order valence-corrected chi connectivity index (χ2v) is 6.96. The van der Waals surface area contributed by atoms with Crippen LogP contribution in [0.3, 0.4) is 0 Å². The molecule has 0 saturated carbocycles. The van der Waals surface area contributed by atoms with Crippen LogP contribution >= 0.6 is 11.8 Å². The monoisotopic (exact) mass is 429 g/mol. The van der Waals surface area contributed by atoms with Crippen LogP contribution in [0.1, 0.15) is 12.5 Å². The second-order valence-electron chi connectivity index (χ2n) is 5.93. The number of carbonyl (C=O) groups excluding carboxylic acids is 1. The third kappa shape index (κ3) is 4.71. The number of aliphatic imine (C=N–C) groups is 1. The number of rotatable bonds is 7. The molecule has 1 saturated heterocycles. The van der Waals surface area contributed by atoms with E-state index in [4.69, 9.17) is 14.2 Å². The number of nitrogens with zero attached hydrogens (tertiary/aromatic N) is 2. The maximum absolute atomic E-state index is 12.4. The lowest BCUT2D eigenvalue weighted by Crippen LogP contribution is -2.19. The van der Waals surface area contributed by atoms with Gasteiger partial charge in [-0.05, 0) is 55.1 Å². The lowest BCUT2D eigenvalue weighted by atomic mass is 10.1. The number of hydrogen-bond acceptors (Lipinski definition) is 8. The summed E-state index contributed by atoms with van der Waals surface area (Å²) in [6, 6.07) is 9.83. The van der Waals surface area contributed by atoms with Crippen molar-refractivity contribution in [1.82, 2.24) is 5.32 Å². The average Bonchev–Trinajstić information content (AvgIpc) is 3.07. The molecule has 0 aromatic heterocycles. The Kier molecular flexibility index (Phi) is 6.58. The van der Waals surface area contributed by atoms with Gasteiger partial charge in [0.1, 0.15) is 5.75 Å². The number of benzene rings is 2. The number of amidine groups is 1. The van der Waals surface area contributed by atoms with Gasteiger partial charge in [-0.25, -0.2) is 4.99 Å². The zero-order valence-corrected chi connectivity index (χ0v) is 17.3. The van der Waals surface area contributed by atoms with E-state index in [9.17, 15) is 14.9 Å². The lowest BCUT2D eigenvalue weighted by Gasteiger charge is -2.08. The molecule has 3 rings (SSSR count). The zero-order valence-electron chi connectivity index (χ0n) is 16.5. The molecule has 30 heavy (non-hydrogen) atoms. The highest BCUT2D eigenvalue weighted by Crippen LogP contribution is 2.37. The van der Waals surface area contributed by atoms with Gasteiger partial charge >= 0.3 is 0 Å². The average molecular weight is 429 g/mol. The van der Waals surface area contributed by atoms with Crippen LogP contribution in [0.5, 0.6) is 17.2 Å². The molecule has 0 radical (unpaired) electrons. The van der Waals surface area contributed by atoms with Crippen molar-refractivity contribution in [1.29, 1.82) is 0 Å². The summed E-state index contributed by atoms with van der Waals surface area (Å²) in [6.45, 7) is 2.46. The van der Waals surface area contributed by atoms with E-state index in [1.165, 1.54) is 32.4 Å². The van der Waals surface area contributed by atoms with Gasteiger partial charge < -0.3 is 19.5 Å². The van der Waals surface area contributed by atoms with E-state index >= 15 is 0 Å². The summed E-state index contributed by atoms with van der Waals surface area (Å²) < 4.78 is 15.7. The topological polar surface area (TPSA) is 112 Å². The minimum atomic E-state index is -0.541. The first kappa shape index (κ1) is 21.2. The molecule has 2 aromatic rings. The fraction of sp³-hybridized carbons (Fsp3) is 0.200. The molecule has 156 valence electrons. The molecule has 0 aliphatic carbocycles. The fourth-order valence-electron chi connectivity index (χ4n) is 2.68. The Labute approximate surface area is 176 Å². The molecule has 1 aliphatic heterocycles. The highest BCUT2D eigenvalue weighted by atomic mass is 32.2. The molecule has 1 amide bonds. The van der Waals surface area contributed by atoms with Crippen LogP contribution < -0.4 is 19.5 Å². The van der Waals surface area contributed by atoms with Gasteiger partial charge in [-0.3, -0.25) is 14.9 Å². The molecular weight excluding hydrogens is 410 g/mol. The number of nitro groups is 1. The van der Waals surface area contributed by atoms with E-state index in [-0.39, 0.29) is 21.9 Å². The molecule has 1 N–H and O–H groups in total. The number of methoxy groups -OCH3 is 2. The second kappa shape index (κ2) is 9.31. The largest absolute Gasteiger partial charge is 0.494 e. The number of hydrogen-bond donors (Lipinski definition) is 1. The van der Waals surface area contributed by atoms with Crippen LogP contribution in [0.15, 0.2) is 46.3 Å². The number of amides is 1. The van der Waals surface area contributed by atoms with Gasteiger partial charge in [0.25, 0.3) is 11.6 Å². The predicted molar refractivity (Wildman–Crippen MR) is 115 cm³/mol. The minimum absolute atomic E-state index is 0.203. The van der Waals surface area contributed by atoms with Gasteiger partial charge in [-0.15, -0.1) is 0 Å². The Bertz CT molecular complexity index is 1030. The van der Waals surface area contributed by atoms with Gasteiger partial charge in [-0.1, -0.05) is 0 Å². The highest BCUT2D eigenvalue weighted by Gasteiger charge is 2.26. The van der Waals surface area contributed by atoms with E-state index in [2.05, 4.69) is 10.3 Å². The first-order valence-corrected chi connectivity index (χ1v) is 9.69. The summed E-state index contributed by atoms with van der Waals surface area (Å²) in [7, 11) is 2.82. The van der Waals surface area contributed by atoms with Crippen molar-refractivity contribution in [3.05, 3.63) is 57.0 Å². The molecule has 1 fully saturated rings. The van der Waals surface area contributed by atoms with Crippen LogP contribution in [-0.4, -0.2) is 36.8 Å². The Balaban J connectivity index is 1.90. The highest BCUT2D eigenvalue weighted by molar-refractivity contribution is 8.18. The molecule has 9 nitrogen and oxygen atoms in total. The molecule has 0 bridgehead atoms. The molecule has 0 spiro atoms. The van der Waals surface area contributed by atoms with Crippen molar-refractivity contribution in [2.75, 3.05) is 20.8 Å². The van der Waals surface area contributed by atoms with E-state index in [1.54, 1.807) is 24.3 Å². The molecule has 2 aromatic carbocycles. The molecule has 0 unspecified atom stereocenters. The standard InChI is InChI=1S/C20H19N3O6S/c1-4-29-14-7-5-13(6-8-14)21-20-22-19(24)18(30-20)10-12-9-16(27-2)17(28-3)11-15(12)23(25)26/h5-11H,4H2,1-3H3,(H,21,22,24)/b18-10+. The fourth-order valence-corrected chi connectivity index (χ4v) is 3.51. The number of nitrogens with one attached hydrogen (secondary N) is 1. The van der Waals surface area contributed by atoms with E-state index in [0.717, 1.165) is 17.5 Å². The Hall–Kier alpha value is -3.53. The molecule has 1 aliphatic rings. The van der Waals surface area contributed by atoms with Crippen LogP contribution in [0.25, 0.3) is 6.08 Å². The summed E-state index contributed by atoms with van der Waals surface area (Å²) in [5, 5.41) is 14.5. The van der Waals surface area contributed by atoms with Crippen molar-refractivity contribution in [2.45, 2.75) is 6.92 Å². The maximum atomic E-state index is 12.4. The predicted octanol–water partition coefficient (Wildman–Crippen LogP) is 3.90. The number of carbonyl (C=O) groups is 1. The number of thioether (sulfide) groups is 1. The van der Waals surface area contributed by atoms with Crippen molar-refractivity contribution in [3.63, 3.8) is 0 Å². The quantitative estimate of drug-likeness (QED) is 0.403. The van der Waals surface area contributed by atoms with E-state index in [1.807, 2.05) is 6.92 Å². The first-order valence-electron chi connectivity index (χ1n) is 8.88. The van der Waals surface area contributed by atoms with Gasteiger partial charge in [0.2, 0.25) is 0 Å². The zero-order chi connectivity index (χ0) is 21.7. The smallest absolute Gasteiger partial charge is 0.280 e. The molecular formula is C20H19N3O6S. The van der Waals surface area contributed by atoms with Crippen LogP contribution in [0.2, 0.25) is 0 Å². The minimum Gasteiger partial charge on any atom is -0.494 e. The third-order valence-corrected chi connectivity index (χ3v) is 4.96. The van der Waals surface area contributed by atoms with Crippen LogP contribution in [0.4, 0.5) is 11.4 Å².